The molecule has 20 heavy (non-hydrogen) atoms. The smallest absolute Gasteiger partial charge is 0.228 e. The van der Waals surface area contributed by atoms with Gasteiger partial charge in [0, 0.05) is 26.2 Å². The molecule has 2 aliphatic heterocycles. The summed E-state index contributed by atoms with van der Waals surface area (Å²) in [6.45, 7) is 3.96. The van der Waals surface area contributed by atoms with Gasteiger partial charge in [0.2, 0.25) is 5.91 Å². The van der Waals surface area contributed by atoms with Crippen LogP contribution in [0.15, 0.2) is 24.3 Å². The maximum Gasteiger partial charge on any atom is 0.228 e. The van der Waals surface area contributed by atoms with Crippen molar-refractivity contribution < 1.29 is 9.53 Å². The Morgan fingerprint density at radius 1 is 1.40 bits per heavy atom. The number of nitrogens with one attached hydrogen (secondary N) is 2. The van der Waals surface area contributed by atoms with Crippen LogP contribution in [0.2, 0.25) is 0 Å². The molecule has 0 spiro atoms. The van der Waals surface area contributed by atoms with Gasteiger partial charge < -0.3 is 15.4 Å². The zero-order valence-electron chi connectivity index (χ0n) is 11.7. The molecule has 2 heterocycles. The summed E-state index contributed by atoms with van der Waals surface area (Å²) < 4.78 is 5.45. The van der Waals surface area contributed by atoms with Gasteiger partial charge in [-0.1, -0.05) is 24.3 Å². The van der Waals surface area contributed by atoms with Gasteiger partial charge in [-0.2, -0.15) is 0 Å². The van der Waals surface area contributed by atoms with Crippen LogP contribution in [-0.2, 0) is 16.1 Å². The van der Waals surface area contributed by atoms with Crippen molar-refractivity contribution in [3.05, 3.63) is 35.4 Å². The molecule has 0 saturated carbocycles. The summed E-state index contributed by atoms with van der Waals surface area (Å²) in [5.74, 6) is 0.541. The molecule has 0 aromatic heterocycles. The van der Waals surface area contributed by atoms with Gasteiger partial charge in [-0.25, -0.2) is 0 Å². The van der Waals surface area contributed by atoms with Crippen LogP contribution in [0, 0.1) is 5.92 Å². The van der Waals surface area contributed by atoms with Crippen LogP contribution in [0.5, 0.6) is 0 Å². The van der Waals surface area contributed by atoms with Crippen molar-refractivity contribution in [2.75, 3.05) is 26.3 Å². The van der Waals surface area contributed by atoms with Gasteiger partial charge >= 0.3 is 0 Å². The standard InChI is InChI=1S/C16H22N2O2/c19-16(18-8-12-4-3-7-20-11-12)15-10-17-9-13-5-1-2-6-14(13)15/h1-2,5-6,12,15,17H,3-4,7-11H2,(H,18,19). The van der Waals surface area contributed by atoms with Crippen LogP contribution in [-0.4, -0.2) is 32.2 Å². The zero-order chi connectivity index (χ0) is 13.8. The molecule has 4 heteroatoms. The molecular formula is C16H22N2O2. The molecule has 3 rings (SSSR count). The minimum absolute atomic E-state index is 0.0653. The fourth-order valence-electron chi connectivity index (χ4n) is 3.07. The monoisotopic (exact) mass is 274 g/mol. The van der Waals surface area contributed by atoms with Crippen molar-refractivity contribution in [1.82, 2.24) is 10.6 Å². The zero-order valence-corrected chi connectivity index (χ0v) is 11.7. The summed E-state index contributed by atoms with van der Waals surface area (Å²) in [5, 5.41) is 6.43. The molecule has 1 aromatic carbocycles. The van der Waals surface area contributed by atoms with E-state index in [9.17, 15) is 4.79 Å². The number of benzene rings is 1. The molecule has 0 bridgehead atoms. The van der Waals surface area contributed by atoms with Crippen molar-refractivity contribution in [3.8, 4) is 0 Å². The number of carbonyl (C=O) groups is 1. The Morgan fingerprint density at radius 2 is 2.30 bits per heavy atom. The summed E-state index contributed by atoms with van der Waals surface area (Å²) in [7, 11) is 0. The molecule has 2 aliphatic rings. The summed E-state index contributed by atoms with van der Waals surface area (Å²) in [5.41, 5.74) is 2.41. The van der Waals surface area contributed by atoms with E-state index in [1.54, 1.807) is 0 Å². The first-order valence-electron chi connectivity index (χ1n) is 7.48. The predicted octanol–water partition coefficient (Wildman–Crippen LogP) is 1.42. The molecule has 2 atom stereocenters. The molecule has 1 aromatic rings. The van der Waals surface area contributed by atoms with Gasteiger partial charge in [0.15, 0.2) is 0 Å². The molecule has 2 unspecified atom stereocenters. The van der Waals surface area contributed by atoms with E-state index in [0.717, 1.165) is 45.7 Å². The molecule has 2 N–H and O–H groups in total. The molecule has 1 saturated heterocycles. The van der Waals surface area contributed by atoms with E-state index in [-0.39, 0.29) is 11.8 Å². The van der Waals surface area contributed by atoms with E-state index in [4.69, 9.17) is 4.74 Å². The van der Waals surface area contributed by atoms with Crippen LogP contribution in [0.25, 0.3) is 0 Å². The Balaban J connectivity index is 1.60. The van der Waals surface area contributed by atoms with E-state index in [1.165, 1.54) is 11.1 Å². The molecule has 4 nitrogen and oxygen atoms in total. The highest BCUT2D eigenvalue weighted by Crippen LogP contribution is 2.24. The number of amides is 1. The number of hydrogen-bond donors (Lipinski definition) is 2. The van der Waals surface area contributed by atoms with E-state index in [2.05, 4.69) is 22.8 Å². The molecule has 1 fully saturated rings. The lowest BCUT2D eigenvalue weighted by atomic mass is 9.90. The van der Waals surface area contributed by atoms with E-state index in [1.807, 2.05) is 12.1 Å². The second-order valence-corrected chi connectivity index (χ2v) is 5.71. The van der Waals surface area contributed by atoms with E-state index < -0.39 is 0 Å². The quantitative estimate of drug-likeness (QED) is 0.876. The number of carbonyl (C=O) groups excluding carboxylic acids is 1. The summed E-state index contributed by atoms with van der Waals surface area (Å²) in [6, 6.07) is 8.21. The van der Waals surface area contributed by atoms with Crippen LogP contribution in [0.4, 0.5) is 0 Å². The third-order valence-corrected chi connectivity index (χ3v) is 4.23. The van der Waals surface area contributed by atoms with Crippen LogP contribution in [0.1, 0.15) is 29.9 Å². The van der Waals surface area contributed by atoms with Gasteiger partial charge in [-0.15, -0.1) is 0 Å². The Hall–Kier alpha value is -1.39. The maximum absolute atomic E-state index is 12.4. The highest BCUT2D eigenvalue weighted by Gasteiger charge is 2.26. The van der Waals surface area contributed by atoms with Crippen molar-refractivity contribution in [2.45, 2.75) is 25.3 Å². The summed E-state index contributed by atoms with van der Waals surface area (Å²) in [6.07, 6.45) is 2.26. The Kier molecular flexibility index (Phi) is 4.33. The number of ether oxygens (including phenoxy) is 1. The van der Waals surface area contributed by atoms with Crippen LogP contribution >= 0.6 is 0 Å². The number of rotatable bonds is 3. The molecular weight excluding hydrogens is 252 g/mol. The topological polar surface area (TPSA) is 50.4 Å². The molecule has 108 valence electrons. The minimum Gasteiger partial charge on any atom is -0.381 e. The first-order chi connectivity index (χ1) is 9.84. The Morgan fingerprint density at radius 3 is 3.15 bits per heavy atom. The largest absolute Gasteiger partial charge is 0.381 e. The van der Waals surface area contributed by atoms with Crippen molar-refractivity contribution in [3.63, 3.8) is 0 Å². The SMILES string of the molecule is O=C(NCC1CCCOC1)C1CNCc2ccccc21. The molecule has 0 radical (unpaired) electrons. The second kappa shape index (κ2) is 6.37. The van der Waals surface area contributed by atoms with Crippen LogP contribution < -0.4 is 10.6 Å². The first-order valence-corrected chi connectivity index (χ1v) is 7.48. The third kappa shape index (κ3) is 3.02. The van der Waals surface area contributed by atoms with Crippen molar-refractivity contribution in [2.24, 2.45) is 5.92 Å². The number of hydrogen-bond acceptors (Lipinski definition) is 3. The molecule has 0 aliphatic carbocycles. The average molecular weight is 274 g/mol. The fraction of sp³-hybridized carbons (Fsp3) is 0.562. The van der Waals surface area contributed by atoms with Gasteiger partial charge in [0.05, 0.1) is 12.5 Å². The van der Waals surface area contributed by atoms with Crippen molar-refractivity contribution in [1.29, 1.82) is 0 Å². The van der Waals surface area contributed by atoms with Crippen molar-refractivity contribution >= 4 is 5.91 Å². The summed E-state index contributed by atoms with van der Waals surface area (Å²) >= 11 is 0. The fourth-order valence-corrected chi connectivity index (χ4v) is 3.07. The highest BCUT2D eigenvalue weighted by atomic mass is 16.5. The van der Waals surface area contributed by atoms with Gasteiger partial charge in [-0.3, -0.25) is 4.79 Å². The maximum atomic E-state index is 12.4. The van der Waals surface area contributed by atoms with E-state index >= 15 is 0 Å². The predicted molar refractivity (Wildman–Crippen MR) is 77.4 cm³/mol. The lowest BCUT2D eigenvalue weighted by Gasteiger charge is -2.27. The molecule has 1 amide bonds. The Bertz CT molecular complexity index is 469. The van der Waals surface area contributed by atoms with Gasteiger partial charge in [0.1, 0.15) is 0 Å². The van der Waals surface area contributed by atoms with E-state index in [0.29, 0.717) is 5.92 Å². The summed E-state index contributed by atoms with van der Waals surface area (Å²) in [4.78, 5) is 12.4. The second-order valence-electron chi connectivity index (χ2n) is 5.71. The lowest BCUT2D eigenvalue weighted by molar-refractivity contribution is -0.123. The Labute approximate surface area is 119 Å². The third-order valence-electron chi connectivity index (χ3n) is 4.23. The highest BCUT2D eigenvalue weighted by molar-refractivity contribution is 5.84. The minimum atomic E-state index is -0.0653. The lowest BCUT2D eigenvalue weighted by Crippen LogP contribution is -2.41. The first kappa shape index (κ1) is 13.6. The van der Waals surface area contributed by atoms with Gasteiger partial charge in [-0.05, 0) is 29.9 Å². The van der Waals surface area contributed by atoms with Crippen LogP contribution in [0.3, 0.4) is 0 Å². The normalized spacial score (nSPS) is 25.8. The van der Waals surface area contributed by atoms with Gasteiger partial charge in [0.25, 0.3) is 0 Å². The number of fused-ring (bicyclic) bond motifs is 1. The average Bonchev–Trinajstić information content (AvgIpc) is 2.53.